The van der Waals surface area contributed by atoms with Crippen LogP contribution in [0.25, 0.3) is 0 Å². The summed E-state index contributed by atoms with van der Waals surface area (Å²) in [6, 6.07) is 10.2. The van der Waals surface area contributed by atoms with Gasteiger partial charge in [-0.3, -0.25) is 9.69 Å². The highest BCUT2D eigenvalue weighted by Gasteiger charge is 2.24. The van der Waals surface area contributed by atoms with Crippen LogP contribution in [0.2, 0.25) is 0 Å². The Labute approximate surface area is 134 Å². The zero-order chi connectivity index (χ0) is 15.2. The average Bonchev–Trinajstić information content (AvgIpc) is 2.51. The molecule has 0 bridgehead atoms. The van der Waals surface area contributed by atoms with Crippen molar-refractivity contribution in [3.63, 3.8) is 0 Å². The quantitative estimate of drug-likeness (QED) is 0.838. The molecule has 1 saturated heterocycles. The molecule has 0 aromatic heterocycles. The summed E-state index contributed by atoms with van der Waals surface area (Å²) in [5.41, 5.74) is 1.04. The Morgan fingerprint density at radius 2 is 1.90 bits per heavy atom. The van der Waals surface area contributed by atoms with E-state index in [9.17, 15) is 4.79 Å². The van der Waals surface area contributed by atoms with E-state index < -0.39 is 0 Å². The summed E-state index contributed by atoms with van der Waals surface area (Å²) in [4.78, 5) is 16.4. The first-order chi connectivity index (χ1) is 10.1. The van der Waals surface area contributed by atoms with E-state index in [4.69, 9.17) is 5.26 Å². The standard InChI is InChI=1S/C16H20BrN3O/c1-2-15(12-18)19-7-9-20(10-8-19)16(21)11-13-3-5-14(17)6-4-13/h3-6,15H,2,7-11H2,1H3. The van der Waals surface area contributed by atoms with Crippen LogP contribution in [0, 0.1) is 11.3 Å². The maximum Gasteiger partial charge on any atom is 0.227 e. The fourth-order valence-electron chi connectivity index (χ4n) is 2.60. The molecule has 1 atom stereocenters. The van der Waals surface area contributed by atoms with E-state index in [2.05, 4.69) is 26.9 Å². The van der Waals surface area contributed by atoms with Crippen molar-refractivity contribution >= 4 is 21.8 Å². The summed E-state index contributed by atoms with van der Waals surface area (Å²) in [6.07, 6.45) is 1.28. The van der Waals surface area contributed by atoms with Gasteiger partial charge in [-0.15, -0.1) is 0 Å². The highest BCUT2D eigenvalue weighted by molar-refractivity contribution is 9.10. The van der Waals surface area contributed by atoms with Crippen molar-refractivity contribution < 1.29 is 4.79 Å². The SMILES string of the molecule is CCC(C#N)N1CCN(C(=O)Cc2ccc(Br)cc2)CC1. The third kappa shape index (κ3) is 4.29. The Morgan fingerprint density at radius 1 is 1.29 bits per heavy atom. The van der Waals surface area contributed by atoms with Crippen LogP contribution in [0.1, 0.15) is 18.9 Å². The third-order valence-electron chi connectivity index (χ3n) is 3.91. The second kappa shape index (κ2) is 7.58. The summed E-state index contributed by atoms with van der Waals surface area (Å²) in [6.45, 7) is 5.04. The molecular weight excluding hydrogens is 330 g/mol. The van der Waals surface area contributed by atoms with Crippen LogP contribution in [0.4, 0.5) is 0 Å². The van der Waals surface area contributed by atoms with Gasteiger partial charge in [0.2, 0.25) is 5.91 Å². The Balaban J connectivity index is 1.86. The molecule has 1 amide bonds. The van der Waals surface area contributed by atoms with E-state index in [1.54, 1.807) is 0 Å². The molecule has 0 radical (unpaired) electrons. The topological polar surface area (TPSA) is 47.3 Å². The maximum atomic E-state index is 12.3. The highest BCUT2D eigenvalue weighted by Crippen LogP contribution is 2.13. The zero-order valence-corrected chi connectivity index (χ0v) is 13.8. The number of hydrogen-bond acceptors (Lipinski definition) is 3. The van der Waals surface area contributed by atoms with Crippen molar-refractivity contribution in [2.24, 2.45) is 0 Å². The summed E-state index contributed by atoms with van der Waals surface area (Å²) in [5.74, 6) is 0.168. The van der Waals surface area contributed by atoms with E-state index in [0.717, 1.165) is 29.5 Å². The van der Waals surface area contributed by atoms with Gasteiger partial charge in [-0.2, -0.15) is 5.26 Å². The van der Waals surface area contributed by atoms with Crippen molar-refractivity contribution in [2.75, 3.05) is 26.2 Å². The Hall–Kier alpha value is -1.38. The van der Waals surface area contributed by atoms with Crippen LogP contribution in [-0.4, -0.2) is 47.9 Å². The van der Waals surface area contributed by atoms with Gasteiger partial charge >= 0.3 is 0 Å². The summed E-state index contributed by atoms with van der Waals surface area (Å²) in [7, 11) is 0. The number of amides is 1. The van der Waals surface area contributed by atoms with E-state index in [-0.39, 0.29) is 11.9 Å². The van der Waals surface area contributed by atoms with Crippen LogP contribution < -0.4 is 0 Å². The molecule has 0 aliphatic carbocycles. The lowest BCUT2D eigenvalue weighted by molar-refractivity contribution is -0.132. The van der Waals surface area contributed by atoms with Gasteiger partial charge in [0.05, 0.1) is 18.5 Å². The first-order valence-electron chi connectivity index (χ1n) is 7.30. The molecule has 1 aromatic carbocycles. The number of nitriles is 1. The van der Waals surface area contributed by atoms with Crippen molar-refractivity contribution in [1.82, 2.24) is 9.80 Å². The molecule has 0 saturated carbocycles. The molecule has 4 nitrogen and oxygen atoms in total. The number of rotatable bonds is 4. The van der Waals surface area contributed by atoms with E-state index in [0.29, 0.717) is 19.5 Å². The van der Waals surface area contributed by atoms with Crippen molar-refractivity contribution in [3.8, 4) is 6.07 Å². The average molecular weight is 350 g/mol. The van der Waals surface area contributed by atoms with Gasteiger partial charge in [0.1, 0.15) is 0 Å². The van der Waals surface area contributed by atoms with Crippen LogP contribution >= 0.6 is 15.9 Å². The third-order valence-corrected chi connectivity index (χ3v) is 4.44. The fourth-order valence-corrected chi connectivity index (χ4v) is 2.87. The van der Waals surface area contributed by atoms with Crippen molar-refractivity contribution in [2.45, 2.75) is 25.8 Å². The molecule has 0 spiro atoms. The van der Waals surface area contributed by atoms with E-state index in [1.165, 1.54) is 0 Å². The Morgan fingerprint density at radius 3 is 2.43 bits per heavy atom. The first-order valence-corrected chi connectivity index (χ1v) is 8.09. The van der Waals surface area contributed by atoms with Crippen LogP contribution in [0.3, 0.4) is 0 Å². The van der Waals surface area contributed by atoms with Crippen LogP contribution in [0.5, 0.6) is 0 Å². The molecule has 1 fully saturated rings. The summed E-state index contributed by atoms with van der Waals surface area (Å²) >= 11 is 3.39. The molecule has 1 aliphatic heterocycles. The number of piperazine rings is 1. The molecule has 1 heterocycles. The van der Waals surface area contributed by atoms with Crippen LogP contribution in [0.15, 0.2) is 28.7 Å². The maximum absolute atomic E-state index is 12.3. The number of benzene rings is 1. The molecule has 1 unspecified atom stereocenters. The van der Waals surface area contributed by atoms with Gasteiger partial charge < -0.3 is 4.90 Å². The normalized spacial score (nSPS) is 17.3. The second-order valence-electron chi connectivity index (χ2n) is 5.27. The lowest BCUT2D eigenvalue weighted by atomic mass is 10.1. The van der Waals surface area contributed by atoms with Gasteiger partial charge in [-0.1, -0.05) is 35.0 Å². The molecule has 5 heteroatoms. The smallest absolute Gasteiger partial charge is 0.227 e. The number of carbonyl (C=O) groups is 1. The van der Waals surface area contributed by atoms with E-state index >= 15 is 0 Å². The fraction of sp³-hybridized carbons (Fsp3) is 0.500. The molecule has 0 N–H and O–H groups in total. The lowest BCUT2D eigenvalue weighted by Gasteiger charge is -2.36. The monoisotopic (exact) mass is 349 g/mol. The molecule has 21 heavy (non-hydrogen) atoms. The lowest BCUT2D eigenvalue weighted by Crippen LogP contribution is -2.51. The van der Waals surface area contributed by atoms with Gasteiger partial charge in [-0.05, 0) is 24.1 Å². The molecule has 2 rings (SSSR count). The molecule has 112 valence electrons. The minimum absolute atomic E-state index is 0.0197. The largest absolute Gasteiger partial charge is 0.340 e. The van der Waals surface area contributed by atoms with Gasteiger partial charge in [0, 0.05) is 30.7 Å². The first kappa shape index (κ1) is 16.0. The number of halogens is 1. The zero-order valence-electron chi connectivity index (χ0n) is 12.3. The molecular formula is C16H20BrN3O. The second-order valence-corrected chi connectivity index (χ2v) is 6.19. The molecule has 1 aromatic rings. The summed E-state index contributed by atoms with van der Waals surface area (Å²) < 4.78 is 1.02. The van der Waals surface area contributed by atoms with Gasteiger partial charge in [0.25, 0.3) is 0 Å². The van der Waals surface area contributed by atoms with Crippen molar-refractivity contribution in [1.29, 1.82) is 5.26 Å². The molecule has 1 aliphatic rings. The predicted octanol–water partition coefficient (Wildman–Crippen LogP) is 2.44. The Bertz CT molecular complexity index is 515. The number of hydrogen-bond donors (Lipinski definition) is 0. The number of nitrogens with zero attached hydrogens (tertiary/aromatic N) is 3. The van der Waals surface area contributed by atoms with Crippen molar-refractivity contribution in [3.05, 3.63) is 34.3 Å². The highest BCUT2D eigenvalue weighted by atomic mass is 79.9. The summed E-state index contributed by atoms with van der Waals surface area (Å²) in [5, 5.41) is 9.09. The minimum atomic E-state index is -0.0197. The van der Waals surface area contributed by atoms with E-state index in [1.807, 2.05) is 36.1 Å². The van der Waals surface area contributed by atoms with Gasteiger partial charge in [-0.25, -0.2) is 0 Å². The Kier molecular flexibility index (Phi) is 5.77. The number of carbonyl (C=O) groups excluding carboxylic acids is 1. The predicted molar refractivity (Wildman–Crippen MR) is 85.7 cm³/mol. The van der Waals surface area contributed by atoms with Gasteiger partial charge in [0.15, 0.2) is 0 Å². The van der Waals surface area contributed by atoms with Crippen LogP contribution in [-0.2, 0) is 11.2 Å². The minimum Gasteiger partial charge on any atom is -0.340 e.